The van der Waals surface area contributed by atoms with Crippen LogP contribution < -0.4 is 0 Å². The first-order chi connectivity index (χ1) is 12.8. The molecule has 0 unspecified atom stereocenters. The van der Waals surface area contributed by atoms with E-state index in [4.69, 9.17) is 5.11 Å². The van der Waals surface area contributed by atoms with Gasteiger partial charge in [0.05, 0.1) is 0 Å². The number of nitrogens with zero attached hydrogens (tertiary/aromatic N) is 1. The van der Waals surface area contributed by atoms with Crippen molar-refractivity contribution < 1.29 is 9.90 Å². The van der Waals surface area contributed by atoms with Gasteiger partial charge in [-0.1, -0.05) is 54.5 Å². The molecule has 1 atom stereocenters. The number of carbonyl (C=O) groups is 1. The van der Waals surface area contributed by atoms with E-state index in [1.54, 1.807) is 13.0 Å². The van der Waals surface area contributed by atoms with Gasteiger partial charge in [0.15, 0.2) is 0 Å². The summed E-state index contributed by atoms with van der Waals surface area (Å²) in [5, 5.41) is 8.74. The smallest absolute Gasteiger partial charge is 0.328 e. The number of carboxylic acid groups (broad SMARTS) is 1. The minimum absolute atomic E-state index is 0.00989. The zero-order valence-electron chi connectivity index (χ0n) is 16.7. The second-order valence-electron chi connectivity index (χ2n) is 7.45. The molecule has 1 aromatic rings. The second-order valence-corrected chi connectivity index (χ2v) is 7.45. The summed E-state index contributed by atoms with van der Waals surface area (Å²) in [6.45, 7) is 8.37. The Kier molecular flexibility index (Phi) is 7.12. The average Bonchev–Trinajstić information content (AvgIpc) is 2.61. The maximum Gasteiger partial charge on any atom is 0.328 e. The maximum absolute atomic E-state index is 10.6. The summed E-state index contributed by atoms with van der Waals surface area (Å²) in [4.78, 5) is 15.0. The first-order valence-corrected chi connectivity index (χ1v) is 9.38. The topological polar surface area (TPSA) is 50.2 Å². The molecule has 27 heavy (non-hydrogen) atoms. The molecule has 1 heterocycles. The van der Waals surface area contributed by atoms with Gasteiger partial charge < -0.3 is 5.11 Å². The Labute approximate surface area is 162 Å². The molecule has 0 radical (unpaired) electrons. The van der Waals surface area contributed by atoms with Gasteiger partial charge in [0.1, 0.15) is 0 Å². The van der Waals surface area contributed by atoms with E-state index in [9.17, 15) is 4.79 Å². The van der Waals surface area contributed by atoms with E-state index in [2.05, 4.69) is 44.0 Å². The quantitative estimate of drug-likeness (QED) is 0.503. The Balaban J connectivity index is 2.23. The highest BCUT2D eigenvalue weighted by molar-refractivity contribution is 5.81. The van der Waals surface area contributed by atoms with Crippen LogP contribution in [-0.4, -0.2) is 16.1 Å². The molecule has 2 rings (SSSR count). The predicted molar refractivity (Wildman–Crippen MR) is 112 cm³/mol. The van der Waals surface area contributed by atoms with E-state index in [0.717, 1.165) is 18.4 Å². The van der Waals surface area contributed by atoms with Crippen molar-refractivity contribution in [2.45, 2.75) is 52.4 Å². The Hall–Kier alpha value is -2.68. The van der Waals surface area contributed by atoms with Crippen molar-refractivity contribution in [3.8, 4) is 0 Å². The first kappa shape index (κ1) is 20.6. The van der Waals surface area contributed by atoms with E-state index in [-0.39, 0.29) is 5.41 Å². The van der Waals surface area contributed by atoms with Crippen LogP contribution in [0.15, 0.2) is 83.3 Å². The fourth-order valence-electron chi connectivity index (χ4n) is 3.63. The lowest BCUT2D eigenvalue weighted by Crippen LogP contribution is -2.28. The van der Waals surface area contributed by atoms with Crippen LogP contribution >= 0.6 is 0 Å². The number of aliphatic carboxylic acids is 1. The Morgan fingerprint density at radius 2 is 2.04 bits per heavy atom. The van der Waals surface area contributed by atoms with E-state index >= 15 is 0 Å². The number of carboxylic acids is 1. The normalized spacial score (nSPS) is 22.1. The van der Waals surface area contributed by atoms with E-state index in [0.29, 0.717) is 5.57 Å². The fourth-order valence-corrected chi connectivity index (χ4v) is 3.63. The summed E-state index contributed by atoms with van der Waals surface area (Å²) in [6, 6.07) is 4.18. The standard InChI is InChI=1S/C24H29NO2/c1-18(8-5-9-19(2)16-23(26)27)12-13-22-20(3)10-6-14-24(22,4)21-11-7-15-25-17-21/h5,7-9,11-13,15-17H,6,10,14H2,1-4H3,(H,26,27)/b9-5+,13-12+,18-8+,19-16+/t24-/m0/s1. The molecule has 1 N–H and O–H groups in total. The van der Waals surface area contributed by atoms with Gasteiger partial charge in [-0.15, -0.1) is 0 Å². The molecule has 1 aromatic heterocycles. The van der Waals surface area contributed by atoms with E-state index < -0.39 is 5.97 Å². The largest absolute Gasteiger partial charge is 0.478 e. The summed E-state index contributed by atoms with van der Waals surface area (Å²) >= 11 is 0. The van der Waals surface area contributed by atoms with Gasteiger partial charge in [-0.2, -0.15) is 0 Å². The number of pyridine rings is 1. The highest BCUT2D eigenvalue weighted by Gasteiger charge is 2.33. The minimum atomic E-state index is -0.924. The third-order valence-corrected chi connectivity index (χ3v) is 5.16. The van der Waals surface area contributed by atoms with Crippen LogP contribution in [0.4, 0.5) is 0 Å². The van der Waals surface area contributed by atoms with Crippen molar-refractivity contribution in [3.63, 3.8) is 0 Å². The third-order valence-electron chi connectivity index (χ3n) is 5.16. The van der Waals surface area contributed by atoms with Crippen LogP contribution in [0.5, 0.6) is 0 Å². The third kappa shape index (κ3) is 5.65. The molecule has 0 fully saturated rings. The maximum atomic E-state index is 10.6. The fraction of sp³-hybridized carbons (Fsp3) is 0.333. The molecule has 0 saturated heterocycles. The molecule has 0 amide bonds. The minimum Gasteiger partial charge on any atom is -0.478 e. The molecule has 142 valence electrons. The lowest BCUT2D eigenvalue weighted by molar-refractivity contribution is -0.131. The van der Waals surface area contributed by atoms with Crippen molar-refractivity contribution in [3.05, 3.63) is 88.8 Å². The van der Waals surface area contributed by atoms with Crippen LogP contribution in [0.3, 0.4) is 0 Å². The van der Waals surface area contributed by atoms with Crippen molar-refractivity contribution in [1.29, 1.82) is 0 Å². The molecule has 1 aliphatic rings. The first-order valence-electron chi connectivity index (χ1n) is 9.38. The lowest BCUT2D eigenvalue weighted by Gasteiger charge is -2.37. The van der Waals surface area contributed by atoms with Crippen LogP contribution in [-0.2, 0) is 10.2 Å². The monoisotopic (exact) mass is 363 g/mol. The molecular formula is C24H29NO2. The SMILES string of the molecule is CC1=C(/C=C/C(C)=C/C=C/C(C)=C/C(=O)O)[C@](C)(c2cccnc2)CCC1. The number of allylic oxidation sites excluding steroid dienone is 9. The summed E-state index contributed by atoms with van der Waals surface area (Å²) in [7, 11) is 0. The molecule has 0 aromatic carbocycles. The van der Waals surface area contributed by atoms with Crippen molar-refractivity contribution in [1.82, 2.24) is 4.98 Å². The number of hydrogen-bond donors (Lipinski definition) is 1. The number of aromatic nitrogens is 1. The lowest BCUT2D eigenvalue weighted by atomic mass is 9.67. The van der Waals surface area contributed by atoms with Crippen LogP contribution in [0.1, 0.15) is 52.5 Å². The number of hydrogen-bond acceptors (Lipinski definition) is 2. The second kappa shape index (κ2) is 9.31. The Morgan fingerprint density at radius 3 is 2.70 bits per heavy atom. The van der Waals surface area contributed by atoms with Gasteiger partial charge in [0, 0.05) is 23.9 Å². The summed E-state index contributed by atoms with van der Waals surface area (Å²) in [6.07, 6.45) is 18.5. The summed E-state index contributed by atoms with van der Waals surface area (Å²) < 4.78 is 0. The van der Waals surface area contributed by atoms with Gasteiger partial charge in [-0.05, 0) is 62.8 Å². The Morgan fingerprint density at radius 1 is 1.26 bits per heavy atom. The van der Waals surface area contributed by atoms with Crippen LogP contribution in [0.25, 0.3) is 0 Å². The molecule has 0 saturated carbocycles. The van der Waals surface area contributed by atoms with Gasteiger partial charge in [-0.25, -0.2) is 4.79 Å². The zero-order chi connectivity index (χ0) is 19.9. The molecule has 1 aliphatic carbocycles. The Bertz CT molecular complexity index is 825. The molecular weight excluding hydrogens is 334 g/mol. The molecule has 3 heteroatoms. The predicted octanol–water partition coefficient (Wildman–Crippen LogP) is 5.93. The average molecular weight is 364 g/mol. The zero-order valence-corrected chi connectivity index (χ0v) is 16.7. The molecule has 0 bridgehead atoms. The molecule has 0 spiro atoms. The van der Waals surface area contributed by atoms with E-state index in [1.807, 2.05) is 30.6 Å². The summed E-state index contributed by atoms with van der Waals surface area (Å²) in [5.74, 6) is -0.924. The van der Waals surface area contributed by atoms with Crippen molar-refractivity contribution in [2.75, 3.05) is 0 Å². The van der Waals surface area contributed by atoms with Crippen molar-refractivity contribution >= 4 is 5.97 Å². The van der Waals surface area contributed by atoms with Gasteiger partial charge >= 0.3 is 5.97 Å². The van der Waals surface area contributed by atoms with E-state index in [1.165, 1.54) is 29.2 Å². The van der Waals surface area contributed by atoms with Gasteiger partial charge in [-0.3, -0.25) is 4.98 Å². The summed E-state index contributed by atoms with van der Waals surface area (Å²) in [5.41, 5.74) is 5.90. The number of rotatable bonds is 6. The van der Waals surface area contributed by atoms with Crippen molar-refractivity contribution in [2.24, 2.45) is 0 Å². The highest BCUT2D eigenvalue weighted by Crippen LogP contribution is 2.43. The van der Waals surface area contributed by atoms with Crippen LogP contribution in [0, 0.1) is 0 Å². The molecule has 3 nitrogen and oxygen atoms in total. The van der Waals surface area contributed by atoms with Gasteiger partial charge in [0.25, 0.3) is 0 Å². The molecule has 0 aliphatic heterocycles. The van der Waals surface area contributed by atoms with Crippen LogP contribution in [0.2, 0.25) is 0 Å². The highest BCUT2D eigenvalue weighted by atomic mass is 16.4. The van der Waals surface area contributed by atoms with Gasteiger partial charge in [0.2, 0.25) is 0 Å².